The molecule has 0 aliphatic carbocycles. The van der Waals surface area contributed by atoms with E-state index in [9.17, 15) is 4.79 Å². The Hall–Kier alpha value is -3.36. The number of carbonyl (C=O) groups excluding carboxylic acids is 1. The summed E-state index contributed by atoms with van der Waals surface area (Å²) in [5.74, 6) is 2.13. The lowest BCUT2D eigenvalue weighted by Crippen LogP contribution is -2.49. The molecular formula is C20H24N8O. The molecule has 9 nitrogen and oxygen atoms in total. The summed E-state index contributed by atoms with van der Waals surface area (Å²) in [6.45, 7) is 9.02. The molecule has 1 aliphatic rings. The van der Waals surface area contributed by atoms with Gasteiger partial charge in [0, 0.05) is 49.4 Å². The summed E-state index contributed by atoms with van der Waals surface area (Å²) in [5.41, 5.74) is 2.45. The third-order valence-electron chi connectivity index (χ3n) is 4.99. The van der Waals surface area contributed by atoms with Gasteiger partial charge in [-0.15, -0.1) is 5.10 Å². The van der Waals surface area contributed by atoms with Crippen molar-refractivity contribution < 1.29 is 4.79 Å². The van der Waals surface area contributed by atoms with Crippen LogP contribution in [0.3, 0.4) is 0 Å². The van der Waals surface area contributed by atoms with Gasteiger partial charge in [0.15, 0.2) is 0 Å². The monoisotopic (exact) mass is 392 g/mol. The van der Waals surface area contributed by atoms with E-state index >= 15 is 0 Å². The van der Waals surface area contributed by atoms with Crippen LogP contribution in [0.5, 0.6) is 0 Å². The smallest absolute Gasteiger partial charge is 0.253 e. The highest BCUT2D eigenvalue weighted by atomic mass is 16.2. The highest BCUT2D eigenvalue weighted by molar-refractivity contribution is 5.94. The molecule has 4 rings (SSSR count). The predicted molar refractivity (Wildman–Crippen MR) is 108 cm³/mol. The Morgan fingerprint density at radius 3 is 2.38 bits per heavy atom. The van der Waals surface area contributed by atoms with Crippen molar-refractivity contribution in [1.29, 1.82) is 0 Å². The van der Waals surface area contributed by atoms with Crippen LogP contribution >= 0.6 is 0 Å². The largest absolute Gasteiger partial charge is 0.353 e. The topological polar surface area (TPSA) is 92.9 Å². The Morgan fingerprint density at radius 1 is 1.03 bits per heavy atom. The van der Waals surface area contributed by atoms with Crippen LogP contribution < -0.4 is 4.90 Å². The molecule has 0 N–H and O–H groups in total. The number of rotatable bonds is 4. The molecule has 3 heterocycles. The van der Waals surface area contributed by atoms with Crippen LogP contribution in [0.25, 0.3) is 5.69 Å². The van der Waals surface area contributed by atoms with Crippen molar-refractivity contribution in [3.05, 3.63) is 53.7 Å². The van der Waals surface area contributed by atoms with Gasteiger partial charge in [0.25, 0.3) is 5.91 Å². The number of piperazine rings is 1. The molecule has 0 radical (unpaired) electrons. The maximum absolute atomic E-state index is 12.9. The molecule has 2 aromatic heterocycles. The first-order valence-corrected chi connectivity index (χ1v) is 9.74. The van der Waals surface area contributed by atoms with Crippen LogP contribution in [0.1, 0.15) is 41.6 Å². The molecule has 3 aromatic rings. The minimum Gasteiger partial charge on any atom is -0.353 e. The second kappa shape index (κ2) is 7.94. The Bertz CT molecular complexity index is 976. The number of hydrogen-bond acceptors (Lipinski definition) is 7. The van der Waals surface area contributed by atoms with Gasteiger partial charge in [-0.2, -0.15) is 0 Å². The lowest BCUT2D eigenvalue weighted by Gasteiger charge is -2.35. The van der Waals surface area contributed by atoms with E-state index in [1.807, 2.05) is 42.2 Å². The van der Waals surface area contributed by atoms with Crippen LogP contribution in [0.2, 0.25) is 0 Å². The molecule has 1 amide bonds. The van der Waals surface area contributed by atoms with Gasteiger partial charge >= 0.3 is 0 Å². The van der Waals surface area contributed by atoms with Gasteiger partial charge < -0.3 is 9.80 Å². The van der Waals surface area contributed by atoms with Crippen molar-refractivity contribution in [3.8, 4) is 5.69 Å². The first-order chi connectivity index (χ1) is 14.0. The molecule has 0 atom stereocenters. The maximum Gasteiger partial charge on any atom is 0.253 e. The van der Waals surface area contributed by atoms with Crippen LogP contribution in [0.15, 0.2) is 36.7 Å². The molecule has 1 saturated heterocycles. The molecule has 1 aliphatic heterocycles. The Kier molecular flexibility index (Phi) is 5.20. The summed E-state index contributed by atoms with van der Waals surface area (Å²) in [6, 6.07) is 9.33. The zero-order valence-electron chi connectivity index (χ0n) is 16.9. The summed E-state index contributed by atoms with van der Waals surface area (Å²) in [6.07, 6.45) is 1.52. The van der Waals surface area contributed by atoms with Crippen molar-refractivity contribution in [2.75, 3.05) is 31.1 Å². The molecule has 1 fully saturated rings. The maximum atomic E-state index is 12.9. The third-order valence-corrected chi connectivity index (χ3v) is 4.99. The number of benzene rings is 1. The Labute approximate surface area is 169 Å². The van der Waals surface area contributed by atoms with Gasteiger partial charge in [0.2, 0.25) is 0 Å². The van der Waals surface area contributed by atoms with Gasteiger partial charge in [-0.25, -0.2) is 14.6 Å². The number of tetrazole rings is 1. The zero-order chi connectivity index (χ0) is 20.4. The minimum atomic E-state index is 0.0367. The molecule has 29 heavy (non-hydrogen) atoms. The Morgan fingerprint density at radius 2 is 1.76 bits per heavy atom. The van der Waals surface area contributed by atoms with Gasteiger partial charge in [0.05, 0.1) is 5.69 Å². The summed E-state index contributed by atoms with van der Waals surface area (Å²) in [7, 11) is 0. The number of carbonyl (C=O) groups is 1. The van der Waals surface area contributed by atoms with Crippen molar-refractivity contribution in [2.24, 2.45) is 0 Å². The molecule has 150 valence electrons. The van der Waals surface area contributed by atoms with Crippen molar-refractivity contribution in [3.63, 3.8) is 0 Å². The number of nitrogens with zero attached hydrogens (tertiary/aromatic N) is 8. The van der Waals surface area contributed by atoms with Crippen LogP contribution in [-0.4, -0.2) is 67.2 Å². The quantitative estimate of drug-likeness (QED) is 0.669. The molecule has 0 unspecified atom stereocenters. The van der Waals surface area contributed by atoms with E-state index in [2.05, 4.69) is 39.3 Å². The molecule has 0 saturated carbocycles. The molecule has 0 bridgehead atoms. The average molecular weight is 392 g/mol. The molecule has 1 aromatic carbocycles. The van der Waals surface area contributed by atoms with Gasteiger partial charge in [-0.05, 0) is 41.6 Å². The van der Waals surface area contributed by atoms with E-state index < -0.39 is 0 Å². The van der Waals surface area contributed by atoms with Gasteiger partial charge in [-0.1, -0.05) is 13.8 Å². The second-order valence-electron chi connectivity index (χ2n) is 7.46. The van der Waals surface area contributed by atoms with Crippen LogP contribution in [0, 0.1) is 6.92 Å². The SMILES string of the molecule is Cc1cc(N2CCN(C(=O)c3ccc(-n4cnnn4)cc3)CC2)nc(C(C)C)n1. The first kappa shape index (κ1) is 19.0. The fourth-order valence-electron chi connectivity index (χ4n) is 3.35. The third kappa shape index (κ3) is 4.08. The number of aryl methyl sites for hydroxylation is 1. The highest BCUT2D eigenvalue weighted by Gasteiger charge is 2.23. The van der Waals surface area contributed by atoms with E-state index in [0.717, 1.165) is 36.1 Å². The highest BCUT2D eigenvalue weighted by Crippen LogP contribution is 2.19. The van der Waals surface area contributed by atoms with Crippen molar-refractivity contribution in [2.45, 2.75) is 26.7 Å². The van der Waals surface area contributed by atoms with E-state index in [1.165, 1.54) is 6.33 Å². The van der Waals surface area contributed by atoms with Crippen LogP contribution in [0.4, 0.5) is 5.82 Å². The molecule has 9 heteroatoms. The number of amides is 1. The first-order valence-electron chi connectivity index (χ1n) is 9.74. The van der Waals surface area contributed by atoms with Crippen molar-refractivity contribution >= 4 is 11.7 Å². The minimum absolute atomic E-state index is 0.0367. The lowest BCUT2D eigenvalue weighted by atomic mass is 10.1. The lowest BCUT2D eigenvalue weighted by molar-refractivity contribution is 0.0746. The van der Waals surface area contributed by atoms with Crippen LogP contribution in [-0.2, 0) is 0 Å². The fourth-order valence-corrected chi connectivity index (χ4v) is 3.35. The fraction of sp³-hybridized carbons (Fsp3) is 0.400. The summed E-state index contributed by atoms with van der Waals surface area (Å²) in [5, 5.41) is 11.1. The predicted octanol–water partition coefficient (Wildman–Crippen LogP) is 1.85. The number of aromatic nitrogens is 6. The normalized spacial score (nSPS) is 14.5. The number of anilines is 1. The molecular weight excluding hydrogens is 368 g/mol. The standard InChI is InChI=1S/C20H24N8O/c1-14(2)19-22-15(3)12-18(23-19)26-8-10-27(11-9-26)20(29)16-4-6-17(7-5-16)28-13-21-24-25-28/h4-7,12-14H,8-11H2,1-3H3. The van der Waals surface area contributed by atoms with Gasteiger partial charge in [0.1, 0.15) is 18.0 Å². The summed E-state index contributed by atoms with van der Waals surface area (Å²) >= 11 is 0. The summed E-state index contributed by atoms with van der Waals surface area (Å²) in [4.78, 5) is 26.2. The number of hydrogen-bond donors (Lipinski definition) is 0. The summed E-state index contributed by atoms with van der Waals surface area (Å²) < 4.78 is 1.56. The average Bonchev–Trinajstić information content (AvgIpc) is 3.28. The van der Waals surface area contributed by atoms with E-state index in [-0.39, 0.29) is 11.8 Å². The van der Waals surface area contributed by atoms with E-state index in [4.69, 9.17) is 4.98 Å². The Balaban J connectivity index is 1.41. The van der Waals surface area contributed by atoms with E-state index in [1.54, 1.807) is 4.68 Å². The zero-order valence-corrected chi connectivity index (χ0v) is 16.9. The van der Waals surface area contributed by atoms with Crippen molar-refractivity contribution in [1.82, 2.24) is 35.1 Å². The molecule has 0 spiro atoms. The van der Waals surface area contributed by atoms with E-state index in [0.29, 0.717) is 18.7 Å². The second-order valence-corrected chi connectivity index (χ2v) is 7.46. The van der Waals surface area contributed by atoms with Gasteiger partial charge in [-0.3, -0.25) is 4.79 Å².